The summed E-state index contributed by atoms with van der Waals surface area (Å²) in [6.45, 7) is 0.366. The molecular formula is C14H21NO3. The fourth-order valence-electron chi connectivity index (χ4n) is 2.80. The Hall–Kier alpha value is -1.10. The van der Waals surface area contributed by atoms with Crippen LogP contribution >= 0.6 is 0 Å². The van der Waals surface area contributed by atoms with Crippen LogP contribution in [0.3, 0.4) is 0 Å². The monoisotopic (exact) mass is 251 g/mol. The molecule has 3 atom stereocenters. The number of hydrogen-bond donors (Lipinski definition) is 3. The van der Waals surface area contributed by atoms with Crippen molar-refractivity contribution in [2.75, 3.05) is 13.7 Å². The van der Waals surface area contributed by atoms with Gasteiger partial charge < -0.3 is 20.7 Å². The maximum absolute atomic E-state index is 10.9. The molecule has 100 valence electrons. The summed E-state index contributed by atoms with van der Waals surface area (Å²) >= 11 is 0. The molecule has 0 heterocycles. The van der Waals surface area contributed by atoms with E-state index < -0.39 is 5.60 Å². The van der Waals surface area contributed by atoms with Gasteiger partial charge in [0.15, 0.2) is 0 Å². The van der Waals surface area contributed by atoms with E-state index in [9.17, 15) is 10.2 Å². The van der Waals surface area contributed by atoms with Crippen molar-refractivity contribution in [2.45, 2.75) is 31.0 Å². The summed E-state index contributed by atoms with van der Waals surface area (Å²) in [7, 11) is 1.61. The lowest BCUT2D eigenvalue weighted by Gasteiger charge is -2.41. The van der Waals surface area contributed by atoms with Gasteiger partial charge in [-0.15, -0.1) is 0 Å². The third-order valence-electron chi connectivity index (χ3n) is 3.94. The zero-order valence-electron chi connectivity index (χ0n) is 10.7. The molecule has 1 fully saturated rings. The fraction of sp³-hybridized carbons (Fsp3) is 0.571. The van der Waals surface area contributed by atoms with Gasteiger partial charge in [0.05, 0.1) is 18.8 Å². The van der Waals surface area contributed by atoms with E-state index >= 15 is 0 Å². The minimum atomic E-state index is -0.956. The molecular weight excluding hydrogens is 230 g/mol. The highest BCUT2D eigenvalue weighted by molar-refractivity contribution is 5.33. The minimum Gasteiger partial charge on any atom is -0.497 e. The van der Waals surface area contributed by atoms with Gasteiger partial charge in [0.25, 0.3) is 0 Å². The number of aliphatic hydroxyl groups excluding tert-OH is 1. The maximum Gasteiger partial charge on any atom is 0.119 e. The molecule has 0 aliphatic heterocycles. The van der Waals surface area contributed by atoms with Crippen LogP contribution in [-0.2, 0) is 5.60 Å². The molecule has 0 radical (unpaired) electrons. The zero-order chi connectivity index (χ0) is 13.2. The molecule has 2 rings (SSSR count). The van der Waals surface area contributed by atoms with Gasteiger partial charge in [-0.25, -0.2) is 0 Å². The summed E-state index contributed by atoms with van der Waals surface area (Å²) in [6, 6.07) is 7.45. The molecule has 4 nitrogen and oxygen atoms in total. The lowest BCUT2D eigenvalue weighted by molar-refractivity contribution is -0.0826. The molecule has 0 spiro atoms. The third kappa shape index (κ3) is 2.36. The first kappa shape index (κ1) is 13.3. The highest BCUT2D eigenvalue weighted by Crippen LogP contribution is 2.42. The summed E-state index contributed by atoms with van der Waals surface area (Å²) in [5, 5.41) is 20.6. The summed E-state index contributed by atoms with van der Waals surface area (Å²) in [6.07, 6.45) is 1.32. The van der Waals surface area contributed by atoms with Gasteiger partial charge in [0.2, 0.25) is 0 Å². The molecule has 1 saturated carbocycles. The molecule has 3 unspecified atom stereocenters. The van der Waals surface area contributed by atoms with Crippen LogP contribution in [0.2, 0.25) is 0 Å². The van der Waals surface area contributed by atoms with Crippen molar-refractivity contribution >= 4 is 0 Å². The van der Waals surface area contributed by atoms with Crippen LogP contribution in [0.5, 0.6) is 5.75 Å². The highest BCUT2D eigenvalue weighted by atomic mass is 16.5. The average molecular weight is 251 g/mol. The van der Waals surface area contributed by atoms with Crippen molar-refractivity contribution in [2.24, 2.45) is 11.7 Å². The normalized spacial score (nSPS) is 32.2. The van der Waals surface area contributed by atoms with E-state index in [0.29, 0.717) is 25.8 Å². The molecule has 0 bridgehead atoms. The number of ether oxygens (including phenoxy) is 1. The van der Waals surface area contributed by atoms with E-state index in [4.69, 9.17) is 10.5 Å². The Kier molecular flexibility index (Phi) is 3.90. The second kappa shape index (κ2) is 5.26. The van der Waals surface area contributed by atoms with Gasteiger partial charge in [-0.3, -0.25) is 0 Å². The molecule has 1 aliphatic rings. The summed E-state index contributed by atoms with van der Waals surface area (Å²) in [5.74, 6) is 0.608. The van der Waals surface area contributed by atoms with E-state index in [2.05, 4.69) is 0 Å². The molecule has 4 heteroatoms. The van der Waals surface area contributed by atoms with E-state index in [1.807, 2.05) is 24.3 Å². The van der Waals surface area contributed by atoms with E-state index in [-0.39, 0.29) is 12.0 Å². The Labute approximate surface area is 107 Å². The summed E-state index contributed by atoms with van der Waals surface area (Å²) in [4.78, 5) is 0. The van der Waals surface area contributed by atoms with Gasteiger partial charge in [-0.2, -0.15) is 0 Å². The maximum atomic E-state index is 10.9. The van der Waals surface area contributed by atoms with E-state index in [0.717, 1.165) is 11.3 Å². The predicted molar refractivity (Wildman–Crippen MR) is 69.3 cm³/mol. The van der Waals surface area contributed by atoms with Crippen molar-refractivity contribution in [3.05, 3.63) is 29.8 Å². The van der Waals surface area contributed by atoms with Crippen LogP contribution in [0, 0.1) is 5.92 Å². The zero-order valence-corrected chi connectivity index (χ0v) is 10.7. The largest absolute Gasteiger partial charge is 0.497 e. The van der Waals surface area contributed by atoms with Gasteiger partial charge in [0.1, 0.15) is 5.75 Å². The Balaban J connectivity index is 2.32. The Bertz CT molecular complexity index is 410. The molecule has 0 saturated heterocycles. The predicted octanol–water partition coefficient (Wildman–Crippen LogP) is 1.00. The van der Waals surface area contributed by atoms with Crippen LogP contribution in [0.1, 0.15) is 24.8 Å². The van der Waals surface area contributed by atoms with Crippen molar-refractivity contribution in [1.29, 1.82) is 0 Å². The quantitative estimate of drug-likeness (QED) is 0.749. The molecule has 0 aromatic heterocycles. The van der Waals surface area contributed by atoms with Crippen LogP contribution in [0.15, 0.2) is 24.3 Å². The van der Waals surface area contributed by atoms with E-state index in [1.54, 1.807) is 7.11 Å². The van der Waals surface area contributed by atoms with Gasteiger partial charge in [-0.1, -0.05) is 12.1 Å². The number of hydrogen-bond acceptors (Lipinski definition) is 4. The Morgan fingerprint density at radius 1 is 1.50 bits per heavy atom. The second-order valence-corrected chi connectivity index (χ2v) is 5.02. The lowest BCUT2D eigenvalue weighted by atomic mass is 9.70. The van der Waals surface area contributed by atoms with Gasteiger partial charge in [0, 0.05) is 5.92 Å². The molecule has 18 heavy (non-hydrogen) atoms. The molecule has 1 aromatic carbocycles. The van der Waals surface area contributed by atoms with Gasteiger partial charge in [-0.05, 0) is 43.5 Å². The van der Waals surface area contributed by atoms with E-state index in [1.165, 1.54) is 0 Å². The standard InChI is InChI=1S/C14H21NO3/c1-18-13-4-2-3-10(8-13)14(17)6-5-12(16)7-11(14)9-15/h2-4,8,11-12,16-17H,5-7,9,15H2,1H3. The lowest BCUT2D eigenvalue weighted by Crippen LogP contribution is -2.45. The molecule has 0 amide bonds. The first-order chi connectivity index (χ1) is 8.60. The second-order valence-electron chi connectivity index (χ2n) is 5.02. The third-order valence-corrected chi connectivity index (χ3v) is 3.94. The number of methoxy groups -OCH3 is 1. The average Bonchev–Trinajstić information content (AvgIpc) is 2.41. The number of rotatable bonds is 3. The van der Waals surface area contributed by atoms with Crippen molar-refractivity contribution < 1.29 is 14.9 Å². The molecule has 4 N–H and O–H groups in total. The Morgan fingerprint density at radius 3 is 2.94 bits per heavy atom. The SMILES string of the molecule is COc1cccc(C2(O)CCC(O)CC2CN)c1. The van der Waals surface area contributed by atoms with Crippen LogP contribution < -0.4 is 10.5 Å². The smallest absolute Gasteiger partial charge is 0.119 e. The number of benzene rings is 1. The first-order valence-electron chi connectivity index (χ1n) is 6.35. The van der Waals surface area contributed by atoms with Crippen molar-refractivity contribution in [1.82, 2.24) is 0 Å². The highest BCUT2D eigenvalue weighted by Gasteiger charge is 2.42. The van der Waals surface area contributed by atoms with Crippen LogP contribution in [0.25, 0.3) is 0 Å². The number of aliphatic hydroxyl groups is 2. The summed E-state index contributed by atoms with van der Waals surface area (Å²) in [5.41, 5.74) is 5.61. The minimum absolute atomic E-state index is 0.117. The first-order valence-corrected chi connectivity index (χ1v) is 6.35. The fourth-order valence-corrected chi connectivity index (χ4v) is 2.80. The van der Waals surface area contributed by atoms with Crippen molar-refractivity contribution in [3.63, 3.8) is 0 Å². The topological polar surface area (TPSA) is 75.7 Å². The van der Waals surface area contributed by atoms with Crippen molar-refractivity contribution in [3.8, 4) is 5.75 Å². The number of nitrogens with two attached hydrogens (primary N) is 1. The van der Waals surface area contributed by atoms with Crippen LogP contribution in [0.4, 0.5) is 0 Å². The summed E-state index contributed by atoms with van der Waals surface area (Å²) < 4.78 is 5.19. The molecule has 1 aliphatic carbocycles. The Morgan fingerprint density at radius 2 is 2.28 bits per heavy atom. The van der Waals surface area contributed by atoms with Gasteiger partial charge >= 0.3 is 0 Å². The van der Waals surface area contributed by atoms with Crippen LogP contribution in [-0.4, -0.2) is 30.0 Å². The molecule has 1 aromatic rings.